The summed E-state index contributed by atoms with van der Waals surface area (Å²) in [4.78, 5) is 27.2. The third-order valence-corrected chi connectivity index (χ3v) is 5.33. The van der Waals surface area contributed by atoms with Crippen molar-refractivity contribution in [1.29, 1.82) is 0 Å². The van der Waals surface area contributed by atoms with E-state index in [0.29, 0.717) is 12.6 Å². The highest BCUT2D eigenvalue weighted by atomic mass is 16.2. The van der Waals surface area contributed by atoms with E-state index in [4.69, 9.17) is 0 Å². The molecule has 4 nitrogen and oxygen atoms in total. The van der Waals surface area contributed by atoms with Gasteiger partial charge in [0.1, 0.15) is 0 Å². The molecule has 2 fully saturated rings. The Morgan fingerprint density at radius 1 is 1.12 bits per heavy atom. The number of nitrogens with zero attached hydrogens (tertiary/aromatic N) is 1. The smallest absolute Gasteiger partial charge is 0.251 e. The van der Waals surface area contributed by atoms with Gasteiger partial charge in [-0.05, 0) is 43.2 Å². The Kier molecular flexibility index (Phi) is 4.13. The number of rotatable bonds is 5. The second kappa shape index (κ2) is 6.42. The van der Waals surface area contributed by atoms with Crippen molar-refractivity contribution in [2.45, 2.75) is 63.6 Å². The lowest BCUT2D eigenvalue weighted by molar-refractivity contribution is -0.129. The van der Waals surface area contributed by atoms with Crippen molar-refractivity contribution in [3.05, 3.63) is 47.0 Å². The minimum Gasteiger partial charge on any atom is -0.353 e. The summed E-state index contributed by atoms with van der Waals surface area (Å²) < 4.78 is 0. The van der Waals surface area contributed by atoms with Crippen molar-refractivity contribution in [3.63, 3.8) is 0 Å². The summed E-state index contributed by atoms with van der Waals surface area (Å²) in [6.45, 7) is 0.640. The van der Waals surface area contributed by atoms with Crippen LogP contribution in [0.3, 0.4) is 0 Å². The molecule has 1 unspecified atom stereocenters. The zero-order valence-corrected chi connectivity index (χ0v) is 14.0. The van der Waals surface area contributed by atoms with Crippen LogP contribution in [0.1, 0.15) is 50.5 Å². The Morgan fingerprint density at radius 3 is 2.67 bits per heavy atom. The van der Waals surface area contributed by atoms with Crippen molar-refractivity contribution in [3.8, 4) is 0 Å². The van der Waals surface area contributed by atoms with Gasteiger partial charge in [0, 0.05) is 18.2 Å². The van der Waals surface area contributed by atoms with E-state index < -0.39 is 0 Å². The van der Waals surface area contributed by atoms with Crippen molar-refractivity contribution in [1.82, 2.24) is 10.2 Å². The third kappa shape index (κ3) is 3.10. The van der Waals surface area contributed by atoms with E-state index in [9.17, 15) is 9.59 Å². The minimum atomic E-state index is 0.0132. The molecular formula is C20H24N2O2. The lowest BCUT2D eigenvalue weighted by Crippen LogP contribution is -2.36. The number of carbonyl (C=O) groups is 2. The van der Waals surface area contributed by atoms with Gasteiger partial charge in [-0.3, -0.25) is 9.59 Å². The molecule has 1 aromatic rings. The summed E-state index contributed by atoms with van der Waals surface area (Å²) >= 11 is 0. The summed E-state index contributed by atoms with van der Waals surface area (Å²) in [6.07, 6.45) is 6.70. The van der Waals surface area contributed by atoms with Crippen molar-refractivity contribution in [2.24, 2.45) is 0 Å². The highest BCUT2D eigenvalue weighted by Gasteiger charge is 2.40. The van der Waals surface area contributed by atoms with E-state index in [0.717, 1.165) is 49.7 Å². The number of amides is 2. The Labute approximate surface area is 142 Å². The predicted molar refractivity (Wildman–Crippen MR) is 92.1 cm³/mol. The van der Waals surface area contributed by atoms with Crippen LogP contribution in [0.4, 0.5) is 0 Å². The maximum Gasteiger partial charge on any atom is 0.251 e. The van der Waals surface area contributed by atoms with Crippen LogP contribution in [0, 0.1) is 0 Å². The van der Waals surface area contributed by atoms with E-state index in [-0.39, 0.29) is 24.3 Å². The largest absolute Gasteiger partial charge is 0.353 e. The normalized spacial score (nSPS) is 23.4. The van der Waals surface area contributed by atoms with E-state index in [1.165, 1.54) is 5.57 Å². The number of carbonyl (C=O) groups excluding carboxylic acids is 2. The molecular weight excluding hydrogens is 300 g/mol. The molecule has 2 saturated carbocycles. The molecule has 1 N–H and O–H groups in total. The number of nitrogens with one attached hydrogen (secondary N) is 1. The molecule has 4 heteroatoms. The van der Waals surface area contributed by atoms with Crippen LogP contribution >= 0.6 is 0 Å². The van der Waals surface area contributed by atoms with Crippen molar-refractivity contribution >= 4 is 11.8 Å². The van der Waals surface area contributed by atoms with Crippen LogP contribution in [0.15, 0.2) is 41.5 Å². The molecule has 0 bridgehead atoms. The zero-order valence-electron chi connectivity index (χ0n) is 14.0. The molecule has 1 atom stereocenters. The van der Waals surface area contributed by atoms with E-state index in [2.05, 4.69) is 17.4 Å². The van der Waals surface area contributed by atoms with Gasteiger partial charge in [-0.15, -0.1) is 0 Å². The molecule has 1 heterocycles. The number of benzene rings is 1. The molecule has 1 aromatic carbocycles. The first-order valence-electron chi connectivity index (χ1n) is 9.08. The standard InChI is InChI=1S/C20H24N2O2/c23-19(21-15-10-11-15)12-17-16-8-4-5-9-18(16)22(20(17)24)13-14-6-2-1-3-7-14/h1-3,6-7,15,18H,4-5,8-13H2,(H,21,23). The maximum absolute atomic E-state index is 13.0. The van der Waals surface area contributed by atoms with Crippen LogP contribution in [-0.4, -0.2) is 28.8 Å². The van der Waals surface area contributed by atoms with E-state index in [1.807, 2.05) is 23.1 Å². The molecule has 126 valence electrons. The van der Waals surface area contributed by atoms with Gasteiger partial charge in [0.2, 0.25) is 5.91 Å². The summed E-state index contributed by atoms with van der Waals surface area (Å²) in [5.41, 5.74) is 3.15. The highest BCUT2D eigenvalue weighted by Crippen LogP contribution is 2.38. The molecule has 2 aliphatic carbocycles. The number of fused-ring (bicyclic) bond motifs is 1. The molecule has 0 saturated heterocycles. The fourth-order valence-corrected chi connectivity index (χ4v) is 3.96. The summed E-state index contributed by atoms with van der Waals surface area (Å²) in [6, 6.07) is 10.7. The molecule has 1 aliphatic heterocycles. The first-order chi connectivity index (χ1) is 11.7. The quantitative estimate of drug-likeness (QED) is 0.905. The van der Waals surface area contributed by atoms with Crippen LogP contribution in [0.5, 0.6) is 0 Å². The first-order valence-corrected chi connectivity index (χ1v) is 9.08. The average molecular weight is 324 g/mol. The Hall–Kier alpha value is -2.10. The molecule has 0 radical (unpaired) electrons. The SMILES string of the molecule is O=C(CC1=C2CCCCC2N(Cc2ccccc2)C1=O)NC1CC1. The van der Waals surface area contributed by atoms with Crippen LogP contribution < -0.4 is 5.32 Å². The Morgan fingerprint density at radius 2 is 1.92 bits per heavy atom. The average Bonchev–Trinajstić information content (AvgIpc) is 3.38. The van der Waals surface area contributed by atoms with Gasteiger partial charge < -0.3 is 10.2 Å². The van der Waals surface area contributed by atoms with Gasteiger partial charge in [0.15, 0.2) is 0 Å². The third-order valence-electron chi connectivity index (χ3n) is 5.33. The molecule has 4 rings (SSSR count). The molecule has 0 spiro atoms. The van der Waals surface area contributed by atoms with Gasteiger partial charge in [-0.1, -0.05) is 36.8 Å². The second-order valence-electron chi connectivity index (χ2n) is 7.20. The van der Waals surface area contributed by atoms with Gasteiger partial charge in [-0.2, -0.15) is 0 Å². The van der Waals surface area contributed by atoms with Crippen LogP contribution in [0.2, 0.25) is 0 Å². The van der Waals surface area contributed by atoms with Crippen LogP contribution in [-0.2, 0) is 16.1 Å². The minimum absolute atomic E-state index is 0.0132. The summed E-state index contributed by atoms with van der Waals surface area (Å²) in [5, 5.41) is 3.02. The van der Waals surface area contributed by atoms with Gasteiger partial charge >= 0.3 is 0 Å². The van der Waals surface area contributed by atoms with E-state index >= 15 is 0 Å². The van der Waals surface area contributed by atoms with Crippen molar-refractivity contribution < 1.29 is 9.59 Å². The number of hydrogen-bond acceptors (Lipinski definition) is 2. The Balaban J connectivity index is 1.53. The fraction of sp³-hybridized carbons (Fsp3) is 0.500. The lowest BCUT2D eigenvalue weighted by atomic mass is 9.88. The highest BCUT2D eigenvalue weighted by molar-refractivity contribution is 6.02. The Bertz CT molecular complexity index is 676. The summed E-state index contributed by atoms with van der Waals surface area (Å²) in [5.74, 6) is 0.0888. The van der Waals surface area contributed by atoms with Gasteiger partial charge in [0.25, 0.3) is 5.91 Å². The molecule has 3 aliphatic rings. The van der Waals surface area contributed by atoms with Crippen molar-refractivity contribution in [2.75, 3.05) is 0 Å². The molecule has 2 amide bonds. The number of hydrogen-bond donors (Lipinski definition) is 1. The van der Waals surface area contributed by atoms with E-state index in [1.54, 1.807) is 0 Å². The van der Waals surface area contributed by atoms with Gasteiger partial charge in [-0.25, -0.2) is 0 Å². The fourth-order valence-electron chi connectivity index (χ4n) is 3.96. The molecule has 24 heavy (non-hydrogen) atoms. The maximum atomic E-state index is 13.0. The summed E-state index contributed by atoms with van der Waals surface area (Å²) in [7, 11) is 0. The lowest BCUT2D eigenvalue weighted by Gasteiger charge is -2.30. The van der Waals surface area contributed by atoms with Crippen LogP contribution in [0.25, 0.3) is 0 Å². The first kappa shape index (κ1) is 15.4. The van der Waals surface area contributed by atoms with Gasteiger partial charge in [0.05, 0.1) is 12.5 Å². The predicted octanol–water partition coefficient (Wildman–Crippen LogP) is 2.94. The monoisotopic (exact) mass is 324 g/mol. The zero-order chi connectivity index (χ0) is 16.5. The molecule has 0 aromatic heterocycles. The topological polar surface area (TPSA) is 49.4 Å². The second-order valence-corrected chi connectivity index (χ2v) is 7.20.